The number of nitrogens with zero attached hydrogens (tertiary/aromatic N) is 1. The Bertz CT molecular complexity index is 707. The molecule has 0 aliphatic carbocycles. The molecule has 3 aromatic rings. The molecular weight excluding hydrogens is 301 g/mol. The zero-order valence-electron chi connectivity index (χ0n) is 10.2. The first kappa shape index (κ1) is 13.1. The van der Waals surface area contributed by atoms with Crippen LogP contribution in [0.3, 0.4) is 0 Å². The van der Waals surface area contributed by atoms with Crippen LogP contribution in [0.1, 0.15) is 5.69 Å². The van der Waals surface area contributed by atoms with E-state index in [0.717, 1.165) is 0 Å². The average molecular weight is 310 g/mol. The van der Waals surface area contributed by atoms with Gasteiger partial charge in [-0.25, -0.2) is 0 Å². The quantitative estimate of drug-likeness (QED) is 0.693. The summed E-state index contributed by atoms with van der Waals surface area (Å²) in [4.78, 5) is 0. The van der Waals surface area contributed by atoms with Crippen LogP contribution in [0.2, 0.25) is 10.0 Å². The van der Waals surface area contributed by atoms with Gasteiger partial charge < -0.3 is 13.7 Å². The molecule has 0 bridgehead atoms. The van der Waals surface area contributed by atoms with Gasteiger partial charge in [0, 0.05) is 6.07 Å². The van der Waals surface area contributed by atoms with Crippen LogP contribution in [0.5, 0.6) is 5.75 Å². The summed E-state index contributed by atoms with van der Waals surface area (Å²) in [5, 5.41) is 4.73. The SMILES string of the molecule is Clc1cccc(OCc2cc(-c3ccco3)on2)c1Cl. The molecule has 2 aromatic heterocycles. The van der Waals surface area contributed by atoms with E-state index in [1.807, 2.05) is 0 Å². The summed E-state index contributed by atoms with van der Waals surface area (Å²) in [6.07, 6.45) is 1.57. The Kier molecular flexibility index (Phi) is 3.67. The van der Waals surface area contributed by atoms with Crippen molar-refractivity contribution in [1.82, 2.24) is 5.16 Å². The zero-order chi connectivity index (χ0) is 13.9. The minimum Gasteiger partial charge on any atom is -0.486 e. The molecule has 0 spiro atoms. The number of benzene rings is 1. The van der Waals surface area contributed by atoms with E-state index in [4.69, 9.17) is 36.9 Å². The highest BCUT2D eigenvalue weighted by Crippen LogP contribution is 2.32. The fourth-order valence-corrected chi connectivity index (χ4v) is 2.01. The highest BCUT2D eigenvalue weighted by molar-refractivity contribution is 6.42. The van der Waals surface area contributed by atoms with Gasteiger partial charge in [0.1, 0.15) is 23.1 Å². The van der Waals surface area contributed by atoms with Crippen molar-refractivity contribution in [1.29, 1.82) is 0 Å². The molecule has 2 heterocycles. The maximum atomic E-state index is 6.03. The standard InChI is InChI=1S/C14H9Cl2NO3/c15-10-3-1-4-12(14(10)16)19-8-9-7-13(20-17-9)11-5-2-6-18-11/h1-7H,8H2. The Labute approximate surface area is 124 Å². The van der Waals surface area contributed by atoms with E-state index in [9.17, 15) is 0 Å². The molecule has 4 nitrogen and oxygen atoms in total. The van der Waals surface area contributed by atoms with Crippen LogP contribution >= 0.6 is 23.2 Å². The zero-order valence-corrected chi connectivity index (χ0v) is 11.7. The summed E-state index contributed by atoms with van der Waals surface area (Å²) in [5.74, 6) is 1.66. The minimum atomic E-state index is 0.226. The van der Waals surface area contributed by atoms with Crippen LogP contribution < -0.4 is 4.74 Å². The lowest BCUT2D eigenvalue weighted by molar-refractivity contribution is 0.290. The van der Waals surface area contributed by atoms with Crippen molar-refractivity contribution in [2.45, 2.75) is 6.61 Å². The third-order valence-corrected chi connectivity index (χ3v) is 3.42. The van der Waals surface area contributed by atoms with Crippen molar-refractivity contribution < 1.29 is 13.7 Å². The van der Waals surface area contributed by atoms with Crippen LogP contribution in [-0.2, 0) is 6.61 Å². The molecule has 6 heteroatoms. The van der Waals surface area contributed by atoms with Gasteiger partial charge in [0.15, 0.2) is 5.76 Å². The van der Waals surface area contributed by atoms with Gasteiger partial charge in [0.2, 0.25) is 5.76 Å². The first-order valence-electron chi connectivity index (χ1n) is 5.80. The summed E-state index contributed by atoms with van der Waals surface area (Å²) in [6.45, 7) is 0.226. The minimum absolute atomic E-state index is 0.226. The highest BCUT2D eigenvalue weighted by atomic mass is 35.5. The number of hydrogen-bond acceptors (Lipinski definition) is 4. The second-order valence-electron chi connectivity index (χ2n) is 4.00. The predicted molar refractivity (Wildman–Crippen MR) is 75.0 cm³/mol. The van der Waals surface area contributed by atoms with Crippen LogP contribution in [0.25, 0.3) is 11.5 Å². The molecule has 102 valence electrons. The fourth-order valence-electron chi connectivity index (χ4n) is 1.66. The molecule has 0 fully saturated rings. The van der Waals surface area contributed by atoms with Gasteiger partial charge in [-0.15, -0.1) is 0 Å². The normalized spacial score (nSPS) is 10.7. The number of ether oxygens (including phenoxy) is 1. The Morgan fingerprint density at radius 3 is 2.80 bits per heavy atom. The first-order chi connectivity index (χ1) is 9.74. The molecule has 0 radical (unpaired) electrons. The third kappa shape index (κ3) is 2.66. The average Bonchev–Trinajstić information content (AvgIpc) is 3.10. The molecule has 0 saturated heterocycles. The molecule has 0 saturated carbocycles. The van der Waals surface area contributed by atoms with Gasteiger partial charge in [-0.2, -0.15) is 0 Å². The maximum Gasteiger partial charge on any atom is 0.202 e. The van der Waals surface area contributed by atoms with E-state index in [-0.39, 0.29) is 6.61 Å². The van der Waals surface area contributed by atoms with Gasteiger partial charge in [0.25, 0.3) is 0 Å². The van der Waals surface area contributed by atoms with Crippen molar-refractivity contribution in [3.05, 3.63) is 58.4 Å². The van der Waals surface area contributed by atoms with Crippen LogP contribution in [0.15, 0.2) is 51.6 Å². The van der Waals surface area contributed by atoms with E-state index < -0.39 is 0 Å². The molecule has 3 rings (SSSR count). The van der Waals surface area contributed by atoms with Gasteiger partial charge in [-0.3, -0.25) is 0 Å². The lowest BCUT2D eigenvalue weighted by Crippen LogP contribution is -1.96. The van der Waals surface area contributed by atoms with Crippen molar-refractivity contribution in [2.75, 3.05) is 0 Å². The molecule has 0 aliphatic rings. The lowest BCUT2D eigenvalue weighted by atomic mass is 10.3. The van der Waals surface area contributed by atoms with Crippen molar-refractivity contribution >= 4 is 23.2 Å². The lowest BCUT2D eigenvalue weighted by Gasteiger charge is -2.06. The molecule has 20 heavy (non-hydrogen) atoms. The number of furan rings is 1. The largest absolute Gasteiger partial charge is 0.486 e. The molecule has 0 amide bonds. The maximum absolute atomic E-state index is 6.03. The van der Waals surface area contributed by atoms with Crippen molar-refractivity contribution in [3.8, 4) is 17.3 Å². The van der Waals surface area contributed by atoms with Gasteiger partial charge >= 0.3 is 0 Å². The Morgan fingerprint density at radius 1 is 1.10 bits per heavy atom. The molecule has 0 aliphatic heterocycles. The van der Waals surface area contributed by atoms with Gasteiger partial charge in [-0.1, -0.05) is 34.4 Å². The van der Waals surface area contributed by atoms with Crippen LogP contribution in [-0.4, -0.2) is 5.16 Å². The summed E-state index contributed by atoms with van der Waals surface area (Å²) in [5.41, 5.74) is 0.632. The summed E-state index contributed by atoms with van der Waals surface area (Å²) >= 11 is 11.9. The molecular formula is C14H9Cl2NO3. The number of aromatic nitrogens is 1. The number of halogens is 2. The Morgan fingerprint density at radius 2 is 2.00 bits per heavy atom. The number of rotatable bonds is 4. The first-order valence-corrected chi connectivity index (χ1v) is 6.56. The highest BCUT2D eigenvalue weighted by Gasteiger charge is 2.11. The smallest absolute Gasteiger partial charge is 0.202 e. The van der Waals surface area contributed by atoms with Gasteiger partial charge in [0.05, 0.1) is 11.3 Å². The third-order valence-electron chi connectivity index (χ3n) is 2.61. The van der Waals surface area contributed by atoms with E-state index >= 15 is 0 Å². The van der Waals surface area contributed by atoms with E-state index in [2.05, 4.69) is 5.16 Å². The molecule has 0 N–H and O–H groups in total. The number of hydrogen-bond donors (Lipinski definition) is 0. The second-order valence-corrected chi connectivity index (χ2v) is 4.79. The van der Waals surface area contributed by atoms with Gasteiger partial charge in [-0.05, 0) is 24.3 Å². The van der Waals surface area contributed by atoms with Crippen LogP contribution in [0.4, 0.5) is 0 Å². The predicted octanol–water partition coefficient (Wildman–Crippen LogP) is 4.82. The summed E-state index contributed by atoms with van der Waals surface area (Å²) in [7, 11) is 0. The molecule has 1 aromatic carbocycles. The monoisotopic (exact) mass is 309 g/mol. The van der Waals surface area contributed by atoms with Crippen LogP contribution in [0, 0.1) is 0 Å². The van der Waals surface area contributed by atoms with E-state index in [1.165, 1.54) is 0 Å². The van der Waals surface area contributed by atoms with E-state index in [0.29, 0.717) is 33.0 Å². The topological polar surface area (TPSA) is 48.4 Å². The summed E-state index contributed by atoms with van der Waals surface area (Å²) < 4.78 is 16.0. The van der Waals surface area contributed by atoms with Crippen molar-refractivity contribution in [3.63, 3.8) is 0 Å². The fraction of sp³-hybridized carbons (Fsp3) is 0.0714. The van der Waals surface area contributed by atoms with Crippen molar-refractivity contribution in [2.24, 2.45) is 0 Å². The second kappa shape index (κ2) is 5.61. The Balaban J connectivity index is 1.71. The Hall–Kier alpha value is -1.91. The molecule has 0 atom stereocenters. The summed E-state index contributed by atoms with van der Waals surface area (Å²) in [6, 6.07) is 10.5. The molecule has 0 unspecified atom stereocenters. The van der Waals surface area contributed by atoms with E-state index in [1.54, 1.807) is 42.7 Å².